The lowest BCUT2D eigenvalue weighted by molar-refractivity contribution is -0.138. The quantitative estimate of drug-likeness (QED) is 0.717. The lowest BCUT2D eigenvalue weighted by atomic mass is 10.2. The van der Waals surface area contributed by atoms with Crippen LogP contribution in [0, 0.1) is 6.92 Å². The summed E-state index contributed by atoms with van der Waals surface area (Å²) in [4.78, 5) is 11.8. The molecule has 0 atom stereocenters. The number of benzene rings is 2. The Hall–Kier alpha value is -2.25. The van der Waals surface area contributed by atoms with Crippen LogP contribution < -0.4 is 9.04 Å². The first-order chi connectivity index (χ1) is 11.8. The van der Waals surface area contributed by atoms with E-state index in [2.05, 4.69) is 4.74 Å². The maximum absolute atomic E-state index is 13.1. The highest BCUT2D eigenvalue weighted by Crippen LogP contribution is 2.31. The predicted octanol–water partition coefficient (Wildman–Crippen LogP) is 3.03. The number of hydrogen-bond donors (Lipinski definition) is 0. The smallest absolute Gasteiger partial charge is 0.326 e. The Bertz CT molecular complexity index is 865. The largest absolute Gasteiger partial charge is 0.497 e. The zero-order valence-electron chi connectivity index (χ0n) is 14.0. The Morgan fingerprint density at radius 3 is 2.32 bits per heavy atom. The van der Waals surface area contributed by atoms with Crippen LogP contribution in [0.4, 0.5) is 5.69 Å². The van der Waals surface area contributed by atoms with Crippen LogP contribution in [0.15, 0.2) is 47.4 Å². The van der Waals surface area contributed by atoms with E-state index in [-0.39, 0.29) is 4.90 Å². The average Bonchev–Trinajstić information content (AvgIpc) is 2.62. The molecule has 0 saturated heterocycles. The number of hydrogen-bond acceptors (Lipinski definition) is 5. The minimum Gasteiger partial charge on any atom is -0.497 e. The molecule has 2 rings (SSSR count). The van der Waals surface area contributed by atoms with Crippen LogP contribution in [0.5, 0.6) is 5.75 Å². The van der Waals surface area contributed by atoms with Crippen molar-refractivity contribution in [3.63, 3.8) is 0 Å². The molecule has 134 valence electrons. The molecule has 0 aliphatic carbocycles. The number of anilines is 1. The second-order valence-corrected chi connectivity index (χ2v) is 7.42. The lowest BCUT2D eigenvalue weighted by Gasteiger charge is -2.25. The van der Waals surface area contributed by atoms with E-state index >= 15 is 0 Å². The summed E-state index contributed by atoms with van der Waals surface area (Å²) in [6, 6.07) is 10.8. The number of rotatable bonds is 6. The third kappa shape index (κ3) is 4.05. The second-order valence-electron chi connectivity index (χ2n) is 5.15. The van der Waals surface area contributed by atoms with Gasteiger partial charge in [-0.25, -0.2) is 8.42 Å². The Morgan fingerprint density at radius 1 is 1.12 bits per heavy atom. The fraction of sp³-hybridized carbons (Fsp3) is 0.235. The van der Waals surface area contributed by atoms with E-state index in [0.717, 1.165) is 4.31 Å². The topological polar surface area (TPSA) is 72.9 Å². The van der Waals surface area contributed by atoms with Gasteiger partial charge in [0.25, 0.3) is 10.0 Å². The van der Waals surface area contributed by atoms with E-state index < -0.39 is 22.5 Å². The number of ether oxygens (including phenoxy) is 2. The highest BCUT2D eigenvalue weighted by Gasteiger charge is 2.29. The molecule has 0 unspecified atom stereocenters. The van der Waals surface area contributed by atoms with Gasteiger partial charge < -0.3 is 9.47 Å². The molecule has 0 radical (unpaired) electrons. The number of methoxy groups -OCH3 is 2. The highest BCUT2D eigenvalue weighted by molar-refractivity contribution is 7.92. The van der Waals surface area contributed by atoms with Crippen molar-refractivity contribution in [3.05, 3.63) is 53.1 Å². The van der Waals surface area contributed by atoms with Crippen molar-refractivity contribution >= 4 is 33.3 Å². The van der Waals surface area contributed by atoms with Crippen LogP contribution in [0.1, 0.15) is 5.56 Å². The summed E-state index contributed by atoms with van der Waals surface area (Å²) in [5.74, 6) is -0.158. The van der Waals surface area contributed by atoms with Crippen molar-refractivity contribution in [2.75, 3.05) is 25.1 Å². The average molecular weight is 384 g/mol. The normalized spacial score (nSPS) is 11.0. The van der Waals surface area contributed by atoms with E-state index in [9.17, 15) is 13.2 Å². The molecular weight excluding hydrogens is 366 g/mol. The standard InChI is InChI=1S/C17H18ClNO5S/c1-12-15(18)5-4-6-16(12)19(11-17(20)24-3)25(21,22)14-9-7-13(23-2)8-10-14/h4-10H,11H2,1-3H3. The van der Waals surface area contributed by atoms with Crippen LogP contribution in [0.25, 0.3) is 0 Å². The Morgan fingerprint density at radius 2 is 1.76 bits per heavy atom. The van der Waals surface area contributed by atoms with Crippen LogP contribution >= 0.6 is 11.6 Å². The molecule has 0 N–H and O–H groups in total. The molecule has 0 aromatic heterocycles. The molecule has 0 amide bonds. The zero-order valence-corrected chi connectivity index (χ0v) is 15.6. The molecule has 0 spiro atoms. The third-order valence-electron chi connectivity index (χ3n) is 3.66. The first-order valence-electron chi connectivity index (χ1n) is 7.30. The fourth-order valence-electron chi connectivity index (χ4n) is 2.22. The Kier molecular flexibility index (Phi) is 5.92. The summed E-state index contributed by atoms with van der Waals surface area (Å²) in [5, 5.41) is 0.400. The van der Waals surface area contributed by atoms with Gasteiger partial charge >= 0.3 is 5.97 Å². The summed E-state index contributed by atoms with van der Waals surface area (Å²) in [6.07, 6.45) is 0. The number of nitrogens with zero attached hydrogens (tertiary/aromatic N) is 1. The molecule has 2 aromatic carbocycles. The third-order valence-corrected chi connectivity index (χ3v) is 5.84. The molecule has 6 nitrogen and oxygen atoms in total. The van der Waals surface area contributed by atoms with E-state index in [4.69, 9.17) is 16.3 Å². The van der Waals surface area contributed by atoms with Crippen LogP contribution in [0.3, 0.4) is 0 Å². The predicted molar refractivity (Wildman–Crippen MR) is 95.7 cm³/mol. The molecule has 0 fully saturated rings. The van der Waals surface area contributed by atoms with E-state index in [1.807, 2.05) is 0 Å². The van der Waals surface area contributed by atoms with E-state index in [1.54, 1.807) is 25.1 Å². The SMILES string of the molecule is COC(=O)CN(c1cccc(Cl)c1C)S(=O)(=O)c1ccc(OC)cc1. The first-order valence-corrected chi connectivity index (χ1v) is 9.11. The molecule has 0 saturated carbocycles. The van der Waals surface area contributed by atoms with Crippen LogP contribution in [-0.4, -0.2) is 35.2 Å². The van der Waals surface area contributed by atoms with Gasteiger partial charge in [-0.15, -0.1) is 0 Å². The highest BCUT2D eigenvalue weighted by atomic mass is 35.5. The second kappa shape index (κ2) is 7.76. The molecule has 0 aliphatic heterocycles. The van der Waals surface area contributed by atoms with Crippen molar-refractivity contribution in [2.45, 2.75) is 11.8 Å². The summed E-state index contributed by atoms with van der Waals surface area (Å²) in [5.41, 5.74) is 0.860. The van der Waals surface area contributed by atoms with Gasteiger partial charge in [-0.2, -0.15) is 0 Å². The van der Waals surface area contributed by atoms with Crippen LogP contribution in [-0.2, 0) is 19.6 Å². The minimum absolute atomic E-state index is 0.0246. The Labute approximate surface area is 152 Å². The molecule has 0 aliphatic rings. The van der Waals surface area contributed by atoms with Gasteiger partial charge in [0, 0.05) is 5.02 Å². The minimum atomic E-state index is -4.01. The Balaban J connectivity index is 2.57. The summed E-state index contributed by atoms with van der Waals surface area (Å²) < 4.78 is 36.8. The van der Waals surface area contributed by atoms with Gasteiger partial charge in [-0.1, -0.05) is 17.7 Å². The fourth-order valence-corrected chi connectivity index (χ4v) is 3.86. The van der Waals surface area contributed by atoms with Gasteiger partial charge in [-0.3, -0.25) is 9.10 Å². The number of halogens is 1. The molecule has 0 bridgehead atoms. The number of sulfonamides is 1. The molecule has 8 heteroatoms. The first kappa shape index (κ1) is 19.1. The lowest BCUT2D eigenvalue weighted by Crippen LogP contribution is -2.36. The van der Waals surface area contributed by atoms with Gasteiger partial charge in [0.1, 0.15) is 12.3 Å². The van der Waals surface area contributed by atoms with Gasteiger partial charge in [0.05, 0.1) is 24.8 Å². The van der Waals surface area contributed by atoms with Gasteiger partial charge in [0.2, 0.25) is 0 Å². The monoisotopic (exact) mass is 383 g/mol. The van der Waals surface area contributed by atoms with Crippen molar-refractivity contribution in [2.24, 2.45) is 0 Å². The number of carbonyl (C=O) groups excluding carboxylic acids is 1. The number of carbonyl (C=O) groups is 1. The van der Waals surface area contributed by atoms with Crippen molar-refractivity contribution in [1.82, 2.24) is 0 Å². The van der Waals surface area contributed by atoms with Crippen molar-refractivity contribution in [3.8, 4) is 5.75 Å². The van der Waals surface area contributed by atoms with Gasteiger partial charge in [-0.05, 0) is 48.9 Å². The summed E-state index contributed by atoms with van der Waals surface area (Å²) >= 11 is 6.11. The summed E-state index contributed by atoms with van der Waals surface area (Å²) in [6.45, 7) is 1.22. The van der Waals surface area contributed by atoms with Crippen LogP contribution in [0.2, 0.25) is 5.02 Å². The molecule has 0 heterocycles. The van der Waals surface area contributed by atoms with E-state index in [1.165, 1.54) is 38.5 Å². The van der Waals surface area contributed by atoms with Gasteiger partial charge in [0.15, 0.2) is 0 Å². The molecular formula is C17H18ClNO5S. The number of esters is 1. The molecule has 25 heavy (non-hydrogen) atoms. The van der Waals surface area contributed by atoms with Crippen molar-refractivity contribution in [1.29, 1.82) is 0 Å². The van der Waals surface area contributed by atoms with Crippen molar-refractivity contribution < 1.29 is 22.7 Å². The maximum atomic E-state index is 13.1. The zero-order chi connectivity index (χ0) is 18.6. The molecule has 2 aromatic rings. The maximum Gasteiger partial charge on any atom is 0.326 e. The summed E-state index contributed by atoms with van der Waals surface area (Å²) in [7, 11) is -1.32. The van der Waals surface area contributed by atoms with E-state index in [0.29, 0.717) is 22.0 Å².